The third-order valence-corrected chi connectivity index (χ3v) is 6.01. The van der Waals surface area contributed by atoms with Crippen molar-refractivity contribution >= 4 is 0 Å². The predicted octanol–water partition coefficient (Wildman–Crippen LogP) is 2.45. The molecule has 2 heterocycles. The molecule has 1 aromatic carbocycles. The zero-order chi connectivity index (χ0) is 18.5. The molecular formula is C22H30N4O. The maximum Gasteiger partial charge on any atom is 0.267 e. The lowest BCUT2D eigenvalue weighted by Crippen LogP contribution is -2.42. The molecule has 2 N–H and O–H groups in total. The van der Waals surface area contributed by atoms with Crippen LogP contribution in [0.2, 0.25) is 0 Å². The van der Waals surface area contributed by atoms with Crippen LogP contribution >= 0.6 is 0 Å². The highest BCUT2D eigenvalue weighted by Gasteiger charge is 2.20. The van der Waals surface area contributed by atoms with Crippen LogP contribution in [0.25, 0.3) is 0 Å². The first-order chi connectivity index (χ1) is 13.3. The summed E-state index contributed by atoms with van der Waals surface area (Å²) in [5.74, 6) is 0. The van der Waals surface area contributed by atoms with Crippen LogP contribution in [-0.4, -0.2) is 40.8 Å². The van der Waals surface area contributed by atoms with Gasteiger partial charge in [0, 0.05) is 31.1 Å². The van der Waals surface area contributed by atoms with Crippen LogP contribution in [0.5, 0.6) is 0 Å². The van der Waals surface area contributed by atoms with Crippen molar-refractivity contribution in [3.05, 3.63) is 63.1 Å². The molecule has 0 saturated carbocycles. The minimum Gasteiger partial charge on any atom is -0.313 e. The largest absolute Gasteiger partial charge is 0.313 e. The van der Waals surface area contributed by atoms with Gasteiger partial charge in [0.2, 0.25) is 0 Å². The van der Waals surface area contributed by atoms with Crippen molar-refractivity contribution in [1.82, 2.24) is 20.4 Å². The second-order valence-electron chi connectivity index (χ2n) is 7.90. The number of hydrogen-bond acceptors (Lipinski definition) is 4. The van der Waals surface area contributed by atoms with Crippen molar-refractivity contribution in [3.8, 4) is 0 Å². The van der Waals surface area contributed by atoms with Crippen LogP contribution in [0.3, 0.4) is 0 Å². The normalized spacial score (nSPS) is 18.4. The SMILES string of the molecule is O=c1[nH]nc(CCNC2CCN(Cc3ccccc3)CC2)c2c1CCCC2. The lowest BCUT2D eigenvalue weighted by molar-refractivity contribution is 0.191. The Balaban J connectivity index is 1.24. The number of fused-ring (bicyclic) bond motifs is 1. The summed E-state index contributed by atoms with van der Waals surface area (Å²) in [4.78, 5) is 14.5. The quantitative estimate of drug-likeness (QED) is 0.824. The van der Waals surface area contributed by atoms with Gasteiger partial charge in [-0.15, -0.1) is 0 Å². The molecule has 1 fully saturated rings. The van der Waals surface area contributed by atoms with E-state index in [-0.39, 0.29) is 5.56 Å². The second-order valence-corrected chi connectivity index (χ2v) is 7.90. The molecule has 1 aliphatic carbocycles. The van der Waals surface area contributed by atoms with Gasteiger partial charge in [0.25, 0.3) is 5.56 Å². The van der Waals surface area contributed by atoms with Gasteiger partial charge in [0.1, 0.15) is 0 Å². The van der Waals surface area contributed by atoms with Crippen LogP contribution in [0, 0.1) is 0 Å². The van der Waals surface area contributed by atoms with Gasteiger partial charge in [-0.1, -0.05) is 30.3 Å². The average molecular weight is 367 g/mol. The Labute approximate surface area is 161 Å². The van der Waals surface area contributed by atoms with E-state index in [9.17, 15) is 4.79 Å². The van der Waals surface area contributed by atoms with Crippen LogP contribution in [0.1, 0.15) is 48.1 Å². The standard InChI is InChI=1S/C22H30N4O/c27-22-20-9-5-4-8-19(20)21(24-25-22)10-13-23-18-11-14-26(15-12-18)16-17-6-2-1-3-7-17/h1-3,6-7,18,23H,4-5,8-16H2,(H,25,27). The van der Waals surface area contributed by atoms with Gasteiger partial charge >= 0.3 is 0 Å². The molecule has 5 nitrogen and oxygen atoms in total. The fourth-order valence-corrected chi connectivity index (χ4v) is 4.47. The third-order valence-electron chi connectivity index (χ3n) is 6.01. The second kappa shape index (κ2) is 8.81. The number of nitrogens with one attached hydrogen (secondary N) is 2. The fourth-order valence-electron chi connectivity index (χ4n) is 4.47. The number of hydrogen-bond donors (Lipinski definition) is 2. The summed E-state index contributed by atoms with van der Waals surface area (Å²) >= 11 is 0. The van der Waals surface area contributed by atoms with E-state index in [4.69, 9.17) is 0 Å². The van der Waals surface area contributed by atoms with E-state index in [1.165, 1.54) is 30.4 Å². The van der Waals surface area contributed by atoms with Crippen molar-refractivity contribution in [1.29, 1.82) is 0 Å². The van der Waals surface area contributed by atoms with E-state index in [0.29, 0.717) is 6.04 Å². The first-order valence-corrected chi connectivity index (χ1v) is 10.4. The predicted molar refractivity (Wildman–Crippen MR) is 108 cm³/mol. The molecule has 0 radical (unpaired) electrons. The minimum atomic E-state index is 0.0206. The number of piperidine rings is 1. The Morgan fingerprint density at radius 2 is 1.81 bits per heavy atom. The number of aromatic nitrogens is 2. The van der Waals surface area contributed by atoms with Crippen LogP contribution < -0.4 is 10.9 Å². The first-order valence-electron chi connectivity index (χ1n) is 10.4. The average Bonchev–Trinajstić information content (AvgIpc) is 2.72. The van der Waals surface area contributed by atoms with Crippen molar-refractivity contribution in [2.75, 3.05) is 19.6 Å². The topological polar surface area (TPSA) is 61.0 Å². The molecule has 1 aliphatic heterocycles. The number of benzene rings is 1. The molecule has 1 aromatic heterocycles. The fraction of sp³-hybridized carbons (Fsp3) is 0.545. The van der Waals surface area contributed by atoms with Crippen molar-refractivity contribution in [2.24, 2.45) is 0 Å². The zero-order valence-electron chi connectivity index (χ0n) is 16.0. The molecule has 0 unspecified atom stereocenters. The van der Waals surface area contributed by atoms with E-state index >= 15 is 0 Å². The molecule has 0 atom stereocenters. The van der Waals surface area contributed by atoms with Crippen molar-refractivity contribution in [3.63, 3.8) is 0 Å². The van der Waals surface area contributed by atoms with Gasteiger partial charge in [-0.3, -0.25) is 9.69 Å². The third kappa shape index (κ3) is 4.66. The summed E-state index contributed by atoms with van der Waals surface area (Å²) in [5.41, 5.74) is 4.73. The Kier molecular flexibility index (Phi) is 6.00. The molecule has 2 aromatic rings. The lowest BCUT2D eigenvalue weighted by atomic mass is 9.91. The Morgan fingerprint density at radius 3 is 2.59 bits per heavy atom. The molecule has 2 aliphatic rings. The first kappa shape index (κ1) is 18.4. The number of aromatic amines is 1. The smallest absolute Gasteiger partial charge is 0.267 e. The number of likely N-dealkylation sites (tertiary alicyclic amines) is 1. The van der Waals surface area contributed by atoms with Gasteiger partial charge in [0.05, 0.1) is 5.69 Å². The van der Waals surface area contributed by atoms with E-state index in [2.05, 4.69) is 50.7 Å². The summed E-state index contributed by atoms with van der Waals surface area (Å²) in [6.07, 6.45) is 7.53. The molecule has 0 spiro atoms. The molecular weight excluding hydrogens is 336 g/mol. The highest BCUT2D eigenvalue weighted by molar-refractivity contribution is 5.30. The van der Waals surface area contributed by atoms with Gasteiger partial charge in [-0.2, -0.15) is 5.10 Å². The van der Waals surface area contributed by atoms with Gasteiger partial charge < -0.3 is 5.32 Å². The van der Waals surface area contributed by atoms with Crippen LogP contribution in [0.15, 0.2) is 35.1 Å². The highest BCUT2D eigenvalue weighted by atomic mass is 16.1. The lowest BCUT2D eigenvalue weighted by Gasteiger charge is -2.32. The summed E-state index contributed by atoms with van der Waals surface area (Å²) in [5, 5.41) is 10.8. The van der Waals surface area contributed by atoms with Crippen molar-refractivity contribution < 1.29 is 0 Å². The molecule has 4 rings (SSSR count). The molecule has 0 bridgehead atoms. The van der Waals surface area contributed by atoms with Gasteiger partial charge in [0.15, 0.2) is 0 Å². The Morgan fingerprint density at radius 1 is 1.07 bits per heavy atom. The van der Waals surface area contributed by atoms with Crippen molar-refractivity contribution in [2.45, 2.75) is 57.5 Å². The molecule has 1 saturated heterocycles. The maximum atomic E-state index is 12.0. The van der Waals surface area contributed by atoms with E-state index in [0.717, 1.165) is 63.1 Å². The number of H-pyrrole nitrogens is 1. The van der Waals surface area contributed by atoms with E-state index in [1.54, 1.807) is 0 Å². The van der Waals surface area contributed by atoms with Gasteiger partial charge in [-0.25, -0.2) is 5.10 Å². The monoisotopic (exact) mass is 366 g/mol. The Bertz CT molecular complexity index is 794. The maximum absolute atomic E-state index is 12.0. The number of nitrogens with zero attached hydrogens (tertiary/aromatic N) is 2. The van der Waals surface area contributed by atoms with Crippen LogP contribution in [-0.2, 0) is 25.8 Å². The van der Waals surface area contributed by atoms with E-state index in [1.807, 2.05) is 0 Å². The molecule has 27 heavy (non-hydrogen) atoms. The summed E-state index contributed by atoms with van der Waals surface area (Å²) in [6.45, 7) is 4.30. The zero-order valence-corrected chi connectivity index (χ0v) is 16.0. The molecule has 144 valence electrons. The molecule has 0 amide bonds. The van der Waals surface area contributed by atoms with Gasteiger partial charge in [-0.05, 0) is 62.7 Å². The summed E-state index contributed by atoms with van der Waals surface area (Å²) in [7, 11) is 0. The summed E-state index contributed by atoms with van der Waals surface area (Å²) in [6, 6.07) is 11.3. The van der Waals surface area contributed by atoms with E-state index < -0.39 is 0 Å². The van der Waals surface area contributed by atoms with Crippen LogP contribution in [0.4, 0.5) is 0 Å². The number of rotatable bonds is 6. The highest BCUT2D eigenvalue weighted by Crippen LogP contribution is 2.20. The summed E-state index contributed by atoms with van der Waals surface area (Å²) < 4.78 is 0. The minimum absolute atomic E-state index is 0.0206. The Hall–Kier alpha value is -1.98. The molecule has 5 heteroatoms.